The quantitative estimate of drug-likeness (QED) is 0.599. The normalized spacial score (nSPS) is 11.6. The van der Waals surface area contributed by atoms with Crippen LogP contribution in [0, 0.1) is 0 Å². The highest BCUT2D eigenvalue weighted by atomic mass is 32.2. The Morgan fingerprint density at radius 2 is 1.87 bits per heavy atom. The van der Waals surface area contributed by atoms with Crippen molar-refractivity contribution in [2.75, 3.05) is 20.1 Å². The lowest BCUT2D eigenvalue weighted by Gasteiger charge is -2.04. The standard InChI is InChI=1S/C10H15NO3S/c1-14-8-11-7-9-3-5-10(6-4-9)15(2,12)13/h3-6,11H,7-8H2,1-2H3. The predicted molar refractivity (Wildman–Crippen MR) is 58.3 cm³/mol. The maximum Gasteiger partial charge on any atom is 0.175 e. The first-order valence-electron chi connectivity index (χ1n) is 4.52. The lowest BCUT2D eigenvalue weighted by atomic mass is 10.2. The van der Waals surface area contributed by atoms with E-state index >= 15 is 0 Å². The number of methoxy groups -OCH3 is 1. The molecule has 1 aromatic rings. The van der Waals surface area contributed by atoms with Gasteiger partial charge >= 0.3 is 0 Å². The average Bonchev–Trinajstić information content (AvgIpc) is 2.18. The molecule has 1 N–H and O–H groups in total. The van der Waals surface area contributed by atoms with Gasteiger partial charge in [-0.15, -0.1) is 0 Å². The summed E-state index contributed by atoms with van der Waals surface area (Å²) >= 11 is 0. The van der Waals surface area contributed by atoms with Crippen LogP contribution >= 0.6 is 0 Å². The van der Waals surface area contributed by atoms with Crippen LogP contribution in [0.4, 0.5) is 0 Å². The third kappa shape index (κ3) is 3.99. The van der Waals surface area contributed by atoms with Crippen LogP contribution in [0.5, 0.6) is 0 Å². The van der Waals surface area contributed by atoms with Gasteiger partial charge in [-0.25, -0.2) is 8.42 Å². The first kappa shape index (κ1) is 12.2. The fourth-order valence-electron chi connectivity index (χ4n) is 1.15. The molecule has 0 heterocycles. The van der Waals surface area contributed by atoms with Crippen molar-refractivity contribution in [1.29, 1.82) is 0 Å². The van der Waals surface area contributed by atoms with Gasteiger partial charge in [0.25, 0.3) is 0 Å². The van der Waals surface area contributed by atoms with Gasteiger partial charge in [0.05, 0.1) is 11.6 Å². The summed E-state index contributed by atoms with van der Waals surface area (Å²) in [5.74, 6) is 0. The Labute approximate surface area is 90.2 Å². The maximum absolute atomic E-state index is 11.2. The van der Waals surface area contributed by atoms with Crippen LogP contribution in [-0.2, 0) is 21.1 Å². The molecule has 0 saturated carbocycles. The van der Waals surface area contributed by atoms with Gasteiger partial charge in [-0.1, -0.05) is 12.1 Å². The van der Waals surface area contributed by atoms with Gasteiger partial charge in [0.15, 0.2) is 9.84 Å². The largest absolute Gasteiger partial charge is 0.370 e. The lowest BCUT2D eigenvalue weighted by Crippen LogP contribution is -2.15. The minimum absolute atomic E-state index is 0.345. The Hall–Kier alpha value is -0.910. The van der Waals surface area contributed by atoms with E-state index in [2.05, 4.69) is 5.32 Å². The molecule has 0 radical (unpaired) electrons. The van der Waals surface area contributed by atoms with E-state index in [1.54, 1.807) is 31.4 Å². The van der Waals surface area contributed by atoms with E-state index in [9.17, 15) is 8.42 Å². The highest BCUT2D eigenvalue weighted by Crippen LogP contribution is 2.09. The number of sulfone groups is 1. The molecule has 0 aliphatic carbocycles. The molecule has 0 fully saturated rings. The topological polar surface area (TPSA) is 55.4 Å². The zero-order chi connectivity index (χ0) is 11.3. The van der Waals surface area contributed by atoms with Crippen molar-refractivity contribution >= 4 is 9.84 Å². The summed E-state index contributed by atoms with van der Waals surface area (Å²) in [4.78, 5) is 0.345. The molecule has 15 heavy (non-hydrogen) atoms. The van der Waals surface area contributed by atoms with Crippen LogP contribution in [0.2, 0.25) is 0 Å². The molecule has 0 atom stereocenters. The monoisotopic (exact) mass is 229 g/mol. The Kier molecular flexibility index (Phi) is 4.26. The van der Waals surface area contributed by atoms with Gasteiger partial charge in [-0.3, -0.25) is 5.32 Å². The van der Waals surface area contributed by atoms with Crippen molar-refractivity contribution in [3.05, 3.63) is 29.8 Å². The first-order chi connectivity index (χ1) is 7.04. The molecule has 0 aliphatic rings. The van der Waals surface area contributed by atoms with Crippen molar-refractivity contribution in [1.82, 2.24) is 5.32 Å². The Morgan fingerprint density at radius 3 is 2.33 bits per heavy atom. The lowest BCUT2D eigenvalue weighted by molar-refractivity contribution is 0.174. The molecular weight excluding hydrogens is 214 g/mol. The Bertz CT molecular complexity index is 397. The predicted octanol–water partition coefficient (Wildman–Crippen LogP) is 0.784. The van der Waals surface area contributed by atoms with Crippen molar-refractivity contribution in [3.8, 4) is 0 Å². The van der Waals surface area contributed by atoms with Crippen LogP contribution < -0.4 is 5.32 Å². The third-order valence-corrected chi connectivity index (χ3v) is 3.06. The Balaban J connectivity index is 2.65. The van der Waals surface area contributed by atoms with E-state index in [0.29, 0.717) is 18.2 Å². The summed E-state index contributed by atoms with van der Waals surface area (Å²) in [6.07, 6.45) is 1.20. The number of hydrogen-bond acceptors (Lipinski definition) is 4. The first-order valence-corrected chi connectivity index (χ1v) is 6.42. The average molecular weight is 229 g/mol. The fourth-order valence-corrected chi connectivity index (χ4v) is 1.78. The summed E-state index contributed by atoms with van der Waals surface area (Å²) in [6.45, 7) is 1.14. The van der Waals surface area contributed by atoms with Crippen LogP contribution in [-0.4, -0.2) is 28.5 Å². The zero-order valence-corrected chi connectivity index (χ0v) is 9.67. The summed E-state index contributed by atoms with van der Waals surface area (Å²) < 4.78 is 27.2. The second kappa shape index (κ2) is 5.25. The molecule has 4 nitrogen and oxygen atoms in total. The molecule has 0 amide bonds. The number of rotatable bonds is 5. The van der Waals surface area contributed by atoms with Crippen LogP contribution in [0.25, 0.3) is 0 Å². The van der Waals surface area contributed by atoms with Crippen molar-refractivity contribution < 1.29 is 13.2 Å². The van der Waals surface area contributed by atoms with Gasteiger partial charge in [0, 0.05) is 19.9 Å². The summed E-state index contributed by atoms with van der Waals surface area (Å²) in [5, 5.41) is 3.04. The van der Waals surface area contributed by atoms with Crippen LogP contribution in [0.15, 0.2) is 29.2 Å². The summed E-state index contributed by atoms with van der Waals surface area (Å²) in [7, 11) is -1.48. The SMILES string of the molecule is COCNCc1ccc(S(C)(=O)=O)cc1. The molecule has 0 saturated heterocycles. The highest BCUT2D eigenvalue weighted by molar-refractivity contribution is 7.90. The third-order valence-electron chi connectivity index (χ3n) is 1.93. The van der Waals surface area contributed by atoms with Gasteiger partial charge in [-0.2, -0.15) is 0 Å². The molecule has 0 aromatic heterocycles. The van der Waals surface area contributed by atoms with Gasteiger partial charge < -0.3 is 4.74 Å². The molecule has 0 unspecified atom stereocenters. The second-order valence-electron chi connectivity index (χ2n) is 3.28. The van der Waals surface area contributed by atoms with E-state index in [1.807, 2.05) is 0 Å². The smallest absolute Gasteiger partial charge is 0.175 e. The van der Waals surface area contributed by atoms with E-state index in [0.717, 1.165) is 5.56 Å². The molecular formula is C10H15NO3S. The van der Waals surface area contributed by atoms with Crippen LogP contribution in [0.3, 0.4) is 0 Å². The molecule has 84 valence electrons. The molecule has 0 bridgehead atoms. The second-order valence-corrected chi connectivity index (χ2v) is 5.29. The minimum Gasteiger partial charge on any atom is -0.370 e. The fraction of sp³-hybridized carbons (Fsp3) is 0.400. The van der Waals surface area contributed by atoms with E-state index < -0.39 is 9.84 Å². The zero-order valence-electron chi connectivity index (χ0n) is 8.86. The number of hydrogen-bond donors (Lipinski definition) is 1. The van der Waals surface area contributed by atoms with Gasteiger partial charge in [-0.05, 0) is 17.7 Å². The van der Waals surface area contributed by atoms with E-state index in [1.165, 1.54) is 6.26 Å². The minimum atomic E-state index is -3.09. The van der Waals surface area contributed by atoms with Crippen molar-refractivity contribution in [2.45, 2.75) is 11.4 Å². The highest BCUT2D eigenvalue weighted by Gasteiger charge is 2.05. The molecule has 0 aliphatic heterocycles. The number of ether oxygens (including phenoxy) is 1. The number of benzene rings is 1. The summed E-state index contributed by atoms with van der Waals surface area (Å²) in [5.41, 5.74) is 1.03. The molecule has 1 rings (SSSR count). The summed E-state index contributed by atoms with van der Waals surface area (Å²) in [6, 6.07) is 6.80. The number of nitrogens with one attached hydrogen (secondary N) is 1. The molecule has 1 aromatic carbocycles. The van der Waals surface area contributed by atoms with Gasteiger partial charge in [0.1, 0.15) is 0 Å². The molecule has 0 spiro atoms. The maximum atomic E-state index is 11.2. The van der Waals surface area contributed by atoms with Gasteiger partial charge in [0.2, 0.25) is 0 Å². The Morgan fingerprint density at radius 1 is 1.27 bits per heavy atom. The van der Waals surface area contributed by atoms with Crippen molar-refractivity contribution in [2.24, 2.45) is 0 Å². The van der Waals surface area contributed by atoms with Crippen molar-refractivity contribution in [3.63, 3.8) is 0 Å². The molecule has 5 heteroatoms. The van der Waals surface area contributed by atoms with E-state index in [4.69, 9.17) is 4.74 Å². The van der Waals surface area contributed by atoms with Crippen LogP contribution in [0.1, 0.15) is 5.56 Å². The van der Waals surface area contributed by atoms with E-state index in [-0.39, 0.29) is 0 Å².